The Bertz CT molecular complexity index is 1010. The fourth-order valence-electron chi connectivity index (χ4n) is 4.68. The van der Waals surface area contributed by atoms with Crippen LogP contribution in [0.5, 0.6) is 0 Å². The average molecular weight is 450 g/mol. The Morgan fingerprint density at radius 1 is 0.939 bits per heavy atom. The molecule has 7 heteroatoms. The zero-order valence-corrected chi connectivity index (χ0v) is 19.1. The van der Waals surface area contributed by atoms with Crippen molar-refractivity contribution in [3.8, 4) is 0 Å². The van der Waals surface area contributed by atoms with Crippen LogP contribution in [0.25, 0.3) is 0 Å². The first-order valence-electron chi connectivity index (χ1n) is 11.5. The van der Waals surface area contributed by atoms with Crippen LogP contribution in [0, 0.1) is 5.92 Å². The Labute approximate surface area is 194 Å². The van der Waals surface area contributed by atoms with Gasteiger partial charge in [-0.3, -0.25) is 9.59 Å². The number of para-hydroxylation sites is 1. The van der Waals surface area contributed by atoms with Crippen LogP contribution in [0.1, 0.15) is 56.6 Å². The third-order valence-electron chi connectivity index (χ3n) is 6.81. The number of hydrogen-bond donors (Lipinski definition) is 4. The van der Waals surface area contributed by atoms with Gasteiger partial charge in [0.1, 0.15) is 11.6 Å². The number of carbonyl (C=O) groups excluding carboxylic acids is 2. The van der Waals surface area contributed by atoms with Gasteiger partial charge in [0, 0.05) is 23.7 Å². The van der Waals surface area contributed by atoms with E-state index in [1.54, 1.807) is 0 Å². The second-order valence-electron chi connectivity index (χ2n) is 9.64. The minimum Gasteiger partial charge on any atom is -0.480 e. The third-order valence-corrected chi connectivity index (χ3v) is 6.81. The van der Waals surface area contributed by atoms with Gasteiger partial charge in [0.05, 0.1) is 0 Å². The van der Waals surface area contributed by atoms with Crippen molar-refractivity contribution in [2.75, 3.05) is 10.6 Å². The van der Waals surface area contributed by atoms with Crippen LogP contribution in [-0.2, 0) is 20.8 Å². The molecule has 0 radical (unpaired) electrons. The normalized spacial score (nSPS) is 22.1. The van der Waals surface area contributed by atoms with Crippen molar-refractivity contribution in [3.63, 3.8) is 0 Å². The zero-order valence-electron chi connectivity index (χ0n) is 19.1. The fourth-order valence-corrected chi connectivity index (χ4v) is 4.68. The highest BCUT2D eigenvalue weighted by molar-refractivity contribution is 5.98. The van der Waals surface area contributed by atoms with E-state index in [4.69, 9.17) is 0 Å². The van der Waals surface area contributed by atoms with Crippen molar-refractivity contribution in [2.45, 2.75) is 63.5 Å². The molecule has 1 aliphatic heterocycles. The summed E-state index contributed by atoms with van der Waals surface area (Å²) in [6, 6.07) is 15.7. The minimum atomic E-state index is -1.26. The summed E-state index contributed by atoms with van der Waals surface area (Å²) >= 11 is 0. The van der Waals surface area contributed by atoms with E-state index in [2.05, 4.69) is 16.0 Å². The second-order valence-corrected chi connectivity index (χ2v) is 9.64. The summed E-state index contributed by atoms with van der Waals surface area (Å²) in [7, 11) is 0. The molecule has 0 spiro atoms. The summed E-state index contributed by atoms with van der Waals surface area (Å²) in [6.45, 7) is 3.00. The van der Waals surface area contributed by atoms with Crippen LogP contribution in [0.3, 0.4) is 0 Å². The van der Waals surface area contributed by atoms with Crippen LogP contribution in [0.2, 0.25) is 0 Å². The van der Waals surface area contributed by atoms with E-state index in [1.807, 2.05) is 48.5 Å². The quantitative estimate of drug-likeness (QED) is 0.535. The number of rotatable bonds is 6. The highest BCUT2D eigenvalue weighted by Crippen LogP contribution is 2.36. The van der Waals surface area contributed by atoms with Gasteiger partial charge in [-0.15, -0.1) is 0 Å². The monoisotopic (exact) mass is 449 g/mol. The van der Waals surface area contributed by atoms with Crippen LogP contribution in [0.15, 0.2) is 48.5 Å². The number of aliphatic carboxylic acids is 1. The van der Waals surface area contributed by atoms with E-state index in [9.17, 15) is 19.5 Å². The molecule has 1 saturated carbocycles. The highest BCUT2D eigenvalue weighted by atomic mass is 16.4. The van der Waals surface area contributed by atoms with Crippen molar-refractivity contribution < 1.29 is 19.5 Å². The maximum Gasteiger partial charge on any atom is 0.328 e. The first kappa shape index (κ1) is 22.8. The summed E-state index contributed by atoms with van der Waals surface area (Å²) < 4.78 is 0. The number of carbonyl (C=O) groups is 3. The summed E-state index contributed by atoms with van der Waals surface area (Å²) in [6.07, 6.45) is 3.90. The molecule has 0 bridgehead atoms. The van der Waals surface area contributed by atoms with E-state index in [1.165, 1.54) is 19.4 Å². The van der Waals surface area contributed by atoms with E-state index in [0.29, 0.717) is 12.3 Å². The lowest BCUT2D eigenvalue weighted by atomic mass is 9.78. The van der Waals surface area contributed by atoms with Crippen molar-refractivity contribution in [1.82, 2.24) is 5.32 Å². The summed E-state index contributed by atoms with van der Waals surface area (Å²) in [5, 5.41) is 18.1. The molecule has 1 fully saturated rings. The second kappa shape index (κ2) is 9.25. The first-order valence-corrected chi connectivity index (χ1v) is 11.5. The number of fused-ring (bicyclic) bond motifs is 1. The van der Waals surface area contributed by atoms with Gasteiger partial charge < -0.3 is 21.1 Å². The highest BCUT2D eigenvalue weighted by Gasteiger charge is 2.34. The largest absolute Gasteiger partial charge is 0.480 e. The molecular weight excluding hydrogens is 418 g/mol. The molecule has 1 unspecified atom stereocenters. The molecule has 2 aromatic carbocycles. The Hall–Kier alpha value is -3.35. The van der Waals surface area contributed by atoms with E-state index in [-0.39, 0.29) is 23.8 Å². The topological polar surface area (TPSA) is 108 Å². The van der Waals surface area contributed by atoms with Gasteiger partial charge in [-0.25, -0.2) is 4.79 Å². The number of nitrogens with one attached hydrogen (secondary N) is 3. The Balaban J connectivity index is 1.27. The predicted octanol–water partition coefficient (Wildman–Crippen LogP) is 3.92. The fraction of sp³-hybridized carbons (Fsp3) is 0.423. The summed E-state index contributed by atoms with van der Waals surface area (Å²) in [5.74, 6) is -1.06. The molecule has 33 heavy (non-hydrogen) atoms. The van der Waals surface area contributed by atoms with Crippen LogP contribution >= 0.6 is 0 Å². The predicted molar refractivity (Wildman–Crippen MR) is 127 cm³/mol. The van der Waals surface area contributed by atoms with Crippen molar-refractivity contribution in [1.29, 1.82) is 0 Å². The lowest BCUT2D eigenvalue weighted by molar-refractivity contribution is -0.146. The molecule has 0 saturated heterocycles. The van der Waals surface area contributed by atoms with Crippen LogP contribution in [-0.4, -0.2) is 34.5 Å². The van der Waals surface area contributed by atoms with E-state index in [0.717, 1.165) is 42.6 Å². The number of carboxylic acid groups (broad SMARTS) is 1. The van der Waals surface area contributed by atoms with Gasteiger partial charge in [0.25, 0.3) is 0 Å². The van der Waals surface area contributed by atoms with E-state index < -0.39 is 11.5 Å². The molecule has 4 N–H and O–H groups in total. The average Bonchev–Trinajstić information content (AvgIpc) is 3.24. The van der Waals surface area contributed by atoms with Crippen LogP contribution < -0.4 is 16.0 Å². The number of amides is 2. The van der Waals surface area contributed by atoms with Crippen molar-refractivity contribution in [2.24, 2.45) is 5.92 Å². The van der Waals surface area contributed by atoms with Gasteiger partial charge in [0.2, 0.25) is 11.8 Å². The Kier molecular flexibility index (Phi) is 6.40. The zero-order chi connectivity index (χ0) is 23.6. The molecular formula is C26H31N3O4. The van der Waals surface area contributed by atoms with Gasteiger partial charge in [-0.2, -0.15) is 0 Å². The van der Waals surface area contributed by atoms with Gasteiger partial charge in [0.15, 0.2) is 0 Å². The maximum atomic E-state index is 12.7. The number of carboxylic acids is 1. The molecule has 1 aliphatic carbocycles. The Morgan fingerprint density at radius 2 is 1.61 bits per heavy atom. The molecule has 1 atom stereocenters. The summed E-state index contributed by atoms with van der Waals surface area (Å²) in [4.78, 5) is 36.4. The Morgan fingerprint density at radius 3 is 2.24 bits per heavy atom. The molecule has 2 amide bonds. The number of anilines is 2. The van der Waals surface area contributed by atoms with Gasteiger partial charge in [-0.1, -0.05) is 30.3 Å². The minimum absolute atomic E-state index is 0.0465. The standard InChI is InChI=1S/C26H31N3O4/c1-26(2,25(32)33)29-23(30)18-9-7-16(8-10-18)17-11-13-20(14-12-17)27-24(31)22-15-19-5-3-4-6-21(19)28-22/h3-6,11-14,16,18,22,28H,7-10,15H2,1-2H3,(H,27,31)(H,29,30)(H,32,33)/t16-,18-,22?. The SMILES string of the molecule is CC(C)(NC(=O)[C@H]1CC[C@H](c2ccc(NC(=O)C3Cc4ccccc4N3)cc2)CC1)C(=O)O. The van der Waals surface area contributed by atoms with E-state index >= 15 is 0 Å². The lowest BCUT2D eigenvalue weighted by Gasteiger charge is -2.30. The molecule has 7 nitrogen and oxygen atoms in total. The molecule has 2 aromatic rings. The number of hydrogen-bond acceptors (Lipinski definition) is 4. The molecule has 174 valence electrons. The smallest absolute Gasteiger partial charge is 0.328 e. The summed E-state index contributed by atoms with van der Waals surface area (Å²) in [5.41, 5.74) is 2.88. The van der Waals surface area contributed by atoms with Crippen molar-refractivity contribution in [3.05, 3.63) is 59.7 Å². The first-order chi connectivity index (χ1) is 15.7. The molecule has 0 aromatic heterocycles. The van der Waals surface area contributed by atoms with Crippen LogP contribution in [0.4, 0.5) is 11.4 Å². The lowest BCUT2D eigenvalue weighted by Crippen LogP contribution is -2.51. The molecule has 4 rings (SSSR count). The molecule has 1 heterocycles. The van der Waals surface area contributed by atoms with Gasteiger partial charge in [-0.05, 0) is 74.8 Å². The van der Waals surface area contributed by atoms with Gasteiger partial charge >= 0.3 is 5.97 Å². The maximum absolute atomic E-state index is 12.7. The number of benzene rings is 2. The van der Waals surface area contributed by atoms with Crippen molar-refractivity contribution >= 4 is 29.2 Å². The molecule has 2 aliphatic rings. The third kappa shape index (κ3) is 5.18.